The molecule has 0 amide bonds. The Kier molecular flexibility index (Phi) is 4.87. The van der Waals surface area contributed by atoms with Gasteiger partial charge in [0.05, 0.1) is 9.40 Å². The van der Waals surface area contributed by atoms with Crippen LogP contribution in [0.2, 0.25) is 0 Å². The van der Waals surface area contributed by atoms with Crippen molar-refractivity contribution in [3.05, 3.63) is 56.2 Å². The molecule has 0 aliphatic heterocycles. The maximum Gasteiger partial charge on any atom is 0.291 e. The Balaban J connectivity index is 2.37. The maximum absolute atomic E-state index is 10.9. The summed E-state index contributed by atoms with van der Waals surface area (Å²) in [5.41, 5.74) is 1.22. The average molecular weight is 353 g/mol. The summed E-state index contributed by atoms with van der Waals surface area (Å²) in [5, 5.41) is 19.9. The fourth-order valence-corrected chi connectivity index (χ4v) is 2.22. The van der Waals surface area contributed by atoms with Crippen LogP contribution in [0.4, 0.5) is 5.69 Å². The molecule has 2 rings (SSSR count). The molecule has 0 fully saturated rings. The largest absolute Gasteiger partial charge is 0.438 e. The van der Waals surface area contributed by atoms with E-state index in [1.165, 1.54) is 6.20 Å². The topological polar surface area (TPSA) is 85.5 Å². The highest BCUT2D eigenvalue weighted by Crippen LogP contribution is 2.35. The van der Waals surface area contributed by atoms with E-state index >= 15 is 0 Å². The van der Waals surface area contributed by atoms with E-state index in [1.807, 2.05) is 18.2 Å². The second-order valence-corrected chi connectivity index (χ2v) is 5.12. The van der Waals surface area contributed by atoms with E-state index in [9.17, 15) is 10.1 Å². The van der Waals surface area contributed by atoms with Crippen LogP contribution in [0, 0.1) is 17.0 Å². The Morgan fingerprint density at radius 1 is 1.43 bits per heavy atom. The summed E-state index contributed by atoms with van der Waals surface area (Å²) in [6.45, 7) is 1.63. The van der Waals surface area contributed by atoms with E-state index < -0.39 is 4.92 Å². The number of hydrogen-bond acceptors (Lipinski definition) is 5. The first-order valence-electron chi connectivity index (χ1n) is 6.20. The van der Waals surface area contributed by atoms with Crippen LogP contribution < -0.4 is 4.74 Å². The van der Waals surface area contributed by atoms with Gasteiger partial charge < -0.3 is 9.84 Å². The molecule has 0 aliphatic carbocycles. The molecule has 0 atom stereocenters. The number of hydrogen-bond donors (Lipinski definition) is 1. The van der Waals surface area contributed by atoms with Gasteiger partial charge in [-0.25, -0.2) is 4.98 Å². The van der Waals surface area contributed by atoms with Crippen molar-refractivity contribution in [2.75, 3.05) is 6.61 Å². The molecule has 0 radical (unpaired) electrons. The fourth-order valence-electron chi connectivity index (χ4n) is 1.84. The molecule has 7 heteroatoms. The second-order valence-electron chi connectivity index (χ2n) is 4.33. The molecule has 1 heterocycles. The van der Waals surface area contributed by atoms with Crippen LogP contribution >= 0.6 is 15.9 Å². The third kappa shape index (κ3) is 3.37. The number of pyridine rings is 1. The zero-order valence-electron chi connectivity index (χ0n) is 11.2. The highest BCUT2D eigenvalue weighted by Gasteiger charge is 2.19. The van der Waals surface area contributed by atoms with E-state index in [4.69, 9.17) is 9.84 Å². The molecule has 0 spiro atoms. The zero-order chi connectivity index (χ0) is 15.4. The number of ether oxygens (including phenoxy) is 1. The number of benzene rings is 1. The fraction of sp³-hybridized carbons (Fsp3) is 0.214. The molecule has 6 nitrogen and oxygen atoms in total. The van der Waals surface area contributed by atoms with Crippen molar-refractivity contribution >= 4 is 21.6 Å². The minimum Gasteiger partial charge on any atom is -0.438 e. The van der Waals surface area contributed by atoms with Crippen LogP contribution in [-0.2, 0) is 6.42 Å². The average Bonchev–Trinajstić information content (AvgIpc) is 2.46. The number of nitrogens with zero attached hydrogens (tertiary/aromatic N) is 2. The molecular weight excluding hydrogens is 340 g/mol. The minimum atomic E-state index is -0.490. The van der Waals surface area contributed by atoms with Crippen LogP contribution in [0.3, 0.4) is 0 Å². The third-order valence-corrected chi connectivity index (χ3v) is 3.90. The van der Waals surface area contributed by atoms with Gasteiger partial charge in [-0.1, -0.05) is 18.2 Å². The van der Waals surface area contributed by atoms with Crippen LogP contribution in [0.25, 0.3) is 0 Å². The smallest absolute Gasteiger partial charge is 0.291 e. The normalized spacial score (nSPS) is 10.4. The molecule has 1 N–H and O–H groups in total. The minimum absolute atomic E-state index is 0.00820. The third-order valence-electron chi connectivity index (χ3n) is 2.96. The summed E-state index contributed by atoms with van der Waals surface area (Å²) < 4.78 is 6.16. The van der Waals surface area contributed by atoms with Gasteiger partial charge in [0.25, 0.3) is 5.69 Å². The van der Waals surface area contributed by atoms with Gasteiger partial charge in [-0.2, -0.15) is 0 Å². The lowest BCUT2D eigenvalue weighted by atomic mass is 10.1. The van der Waals surface area contributed by atoms with E-state index in [0.29, 0.717) is 22.2 Å². The summed E-state index contributed by atoms with van der Waals surface area (Å²) in [6, 6.07) is 7.26. The summed E-state index contributed by atoms with van der Waals surface area (Å²) in [6.07, 6.45) is 1.63. The van der Waals surface area contributed by atoms with Gasteiger partial charge in [-0.15, -0.1) is 0 Å². The van der Waals surface area contributed by atoms with Crippen LogP contribution in [-0.4, -0.2) is 21.6 Å². The van der Waals surface area contributed by atoms with E-state index in [0.717, 1.165) is 5.56 Å². The number of nitro groups is 1. The van der Waals surface area contributed by atoms with Crippen molar-refractivity contribution in [2.45, 2.75) is 13.3 Å². The highest BCUT2D eigenvalue weighted by atomic mass is 79.9. The number of para-hydroxylation sites is 1. The number of aliphatic hydroxyl groups is 1. The van der Waals surface area contributed by atoms with Crippen LogP contribution in [0.1, 0.15) is 11.1 Å². The zero-order valence-corrected chi connectivity index (χ0v) is 12.8. The first-order valence-corrected chi connectivity index (χ1v) is 7.00. The van der Waals surface area contributed by atoms with Gasteiger partial charge in [0.2, 0.25) is 5.88 Å². The molecule has 2 aromatic rings. The predicted molar refractivity (Wildman–Crippen MR) is 80.6 cm³/mol. The first kappa shape index (κ1) is 15.4. The van der Waals surface area contributed by atoms with Crippen molar-refractivity contribution in [1.29, 1.82) is 0 Å². The number of aromatic nitrogens is 1. The molecule has 21 heavy (non-hydrogen) atoms. The van der Waals surface area contributed by atoms with E-state index in [2.05, 4.69) is 20.9 Å². The molecule has 110 valence electrons. The Morgan fingerprint density at radius 3 is 2.81 bits per heavy atom. The lowest BCUT2D eigenvalue weighted by Gasteiger charge is -2.11. The van der Waals surface area contributed by atoms with Crippen molar-refractivity contribution in [2.24, 2.45) is 0 Å². The van der Waals surface area contributed by atoms with Crippen LogP contribution in [0.5, 0.6) is 11.6 Å². The first-order chi connectivity index (χ1) is 10.0. The van der Waals surface area contributed by atoms with Gasteiger partial charge in [0.15, 0.2) is 0 Å². The van der Waals surface area contributed by atoms with Crippen molar-refractivity contribution in [1.82, 2.24) is 4.98 Å². The quantitative estimate of drug-likeness (QED) is 0.658. The lowest BCUT2D eigenvalue weighted by Crippen LogP contribution is -1.99. The van der Waals surface area contributed by atoms with Gasteiger partial charge in [0, 0.05) is 12.2 Å². The van der Waals surface area contributed by atoms with E-state index in [1.54, 1.807) is 13.0 Å². The molecule has 0 saturated heterocycles. The number of rotatable bonds is 5. The molecule has 0 aliphatic rings. The SMILES string of the molecule is Cc1c([N+](=O)[O-])cnc(Oc2ccccc2CCO)c1Br. The van der Waals surface area contributed by atoms with Crippen molar-refractivity contribution < 1.29 is 14.8 Å². The van der Waals surface area contributed by atoms with Gasteiger partial charge in [0.1, 0.15) is 11.9 Å². The summed E-state index contributed by atoms with van der Waals surface area (Å²) in [4.78, 5) is 14.4. The highest BCUT2D eigenvalue weighted by molar-refractivity contribution is 9.10. The Hall–Kier alpha value is -1.99. The molecule has 0 bridgehead atoms. The monoisotopic (exact) mass is 352 g/mol. The molecule has 0 saturated carbocycles. The maximum atomic E-state index is 10.9. The molecular formula is C14H13BrN2O4. The summed E-state index contributed by atoms with van der Waals surface area (Å²) in [7, 11) is 0. The predicted octanol–water partition coefficient (Wildman–Crippen LogP) is 3.39. The molecule has 1 aromatic heterocycles. The van der Waals surface area contributed by atoms with Gasteiger partial charge in [-0.3, -0.25) is 10.1 Å². The standard InChI is InChI=1S/C14H13BrN2O4/c1-9-11(17(19)20)8-16-14(13(9)15)21-12-5-3-2-4-10(12)6-7-18/h2-5,8,18H,6-7H2,1H3. The Labute approximate surface area is 129 Å². The summed E-state index contributed by atoms with van der Waals surface area (Å²) in [5.74, 6) is 0.816. The van der Waals surface area contributed by atoms with Gasteiger partial charge >= 0.3 is 0 Å². The van der Waals surface area contributed by atoms with E-state index in [-0.39, 0.29) is 18.2 Å². The Bertz CT molecular complexity index is 676. The molecule has 0 unspecified atom stereocenters. The molecule has 1 aromatic carbocycles. The Morgan fingerprint density at radius 2 is 2.14 bits per heavy atom. The summed E-state index contributed by atoms with van der Waals surface area (Å²) >= 11 is 3.28. The van der Waals surface area contributed by atoms with Crippen molar-refractivity contribution in [3.63, 3.8) is 0 Å². The number of halogens is 1. The lowest BCUT2D eigenvalue weighted by molar-refractivity contribution is -0.385. The van der Waals surface area contributed by atoms with Crippen LogP contribution in [0.15, 0.2) is 34.9 Å². The van der Waals surface area contributed by atoms with Gasteiger partial charge in [-0.05, 0) is 40.9 Å². The second kappa shape index (κ2) is 6.64. The number of aliphatic hydroxyl groups excluding tert-OH is 1. The van der Waals surface area contributed by atoms with Crippen molar-refractivity contribution in [3.8, 4) is 11.6 Å².